The second-order valence-electron chi connectivity index (χ2n) is 5.19. The molecule has 0 amide bonds. The maximum absolute atomic E-state index is 9.12. The molecule has 1 atom stereocenters. The minimum Gasteiger partial charge on any atom is -0.396 e. The lowest BCUT2D eigenvalue weighted by molar-refractivity contribution is 0.0272. The number of aliphatic hydroxyl groups excluding tert-OH is 1. The van der Waals surface area contributed by atoms with Gasteiger partial charge in [0.1, 0.15) is 0 Å². The van der Waals surface area contributed by atoms with Crippen LogP contribution in [0.5, 0.6) is 0 Å². The fraction of sp³-hybridized carbons (Fsp3) is 0.571. The zero-order valence-electron chi connectivity index (χ0n) is 10.8. The molecule has 1 aromatic carbocycles. The predicted octanol–water partition coefficient (Wildman–Crippen LogP) is 4.31. The first kappa shape index (κ1) is 16.2. The number of benzene rings is 1. The fourth-order valence-electron chi connectivity index (χ4n) is 1.45. The van der Waals surface area contributed by atoms with Crippen LogP contribution in [0, 0.1) is 5.41 Å². The quantitative estimate of drug-likeness (QED) is 0.565. The van der Waals surface area contributed by atoms with Crippen molar-refractivity contribution in [2.45, 2.75) is 25.1 Å². The maximum atomic E-state index is 9.12. The van der Waals surface area contributed by atoms with Crippen molar-refractivity contribution in [1.29, 1.82) is 0 Å². The summed E-state index contributed by atoms with van der Waals surface area (Å²) in [6, 6.07) is 8.26. The van der Waals surface area contributed by atoms with Crippen molar-refractivity contribution in [2.24, 2.45) is 5.41 Å². The van der Waals surface area contributed by atoms with Gasteiger partial charge in [-0.15, -0.1) is 0 Å². The van der Waals surface area contributed by atoms with Crippen LogP contribution in [-0.2, 0) is 4.74 Å². The highest BCUT2D eigenvalue weighted by Crippen LogP contribution is 2.28. The molecule has 1 unspecified atom stereocenters. The Morgan fingerprint density at radius 2 is 2.11 bits per heavy atom. The molecule has 1 rings (SSSR count). The zero-order chi connectivity index (χ0) is 13.6. The fourth-order valence-corrected chi connectivity index (χ4v) is 2.34. The summed E-state index contributed by atoms with van der Waals surface area (Å²) in [5.41, 5.74) is 1.09. The van der Waals surface area contributed by atoms with Gasteiger partial charge in [-0.3, -0.25) is 0 Å². The highest BCUT2D eigenvalue weighted by Gasteiger charge is 2.16. The van der Waals surface area contributed by atoms with E-state index >= 15 is 0 Å². The third-order valence-electron chi connectivity index (χ3n) is 2.65. The van der Waals surface area contributed by atoms with E-state index in [1.165, 1.54) is 5.56 Å². The Labute approximate surface area is 126 Å². The van der Waals surface area contributed by atoms with Crippen molar-refractivity contribution < 1.29 is 9.84 Å². The zero-order valence-corrected chi connectivity index (χ0v) is 14.0. The summed E-state index contributed by atoms with van der Waals surface area (Å²) in [4.78, 5) is 0.298. The summed E-state index contributed by atoms with van der Waals surface area (Å²) >= 11 is 7.14. The lowest BCUT2D eigenvalue weighted by Crippen LogP contribution is -2.24. The third-order valence-corrected chi connectivity index (χ3v) is 4.13. The first-order valence-electron chi connectivity index (χ1n) is 6.03. The second-order valence-corrected chi connectivity index (χ2v) is 7.21. The van der Waals surface area contributed by atoms with Gasteiger partial charge in [0.2, 0.25) is 0 Å². The molecule has 0 heterocycles. The normalized spacial score (nSPS) is 13.6. The molecule has 4 heteroatoms. The van der Waals surface area contributed by atoms with Gasteiger partial charge in [-0.1, -0.05) is 57.8 Å². The number of hydrogen-bond donors (Lipinski definition) is 1. The Balaban J connectivity index is 2.32. The Morgan fingerprint density at radius 1 is 1.39 bits per heavy atom. The van der Waals surface area contributed by atoms with Gasteiger partial charge in [0.15, 0.2) is 0 Å². The maximum Gasteiger partial charge on any atom is 0.0539 e. The van der Waals surface area contributed by atoms with E-state index in [0.717, 1.165) is 10.9 Å². The van der Waals surface area contributed by atoms with E-state index < -0.39 is 0 Å². The standard InChI is InChI=1S/C14H20Br2O2/c1-14(2,9-17)10-18-7-6-13(16)11-4-3-5-12(15)8-11/h3-5,8,13,17H,6-7,9-10H2,1-2H3. The molecule has 1 N–H and O–H groups in total. The summed E-state index contributed by atoms with van der Waals surface area (Å²) in [6.07, 6.45) is 0.915. The number of aliphatic hydroxyl groups is 1. The van der Waals surface area contributed by atoms with Gasteiger partial charge in [0.05, 0.1) is 13.2 Å². The molecule has 0 saturated heterocycles. The topological polar surface area (TPSA) is 29.5 Å². The second kappa shape index (κ2) is 7.63. The lowest BCUT2D eigenvalue weighted by atomic mass is 9.97. The van der Waals surface area contributed by atoms with Gasteiger partial charge in [0, 0.05) is 21.3 Å². The molecule has 2 nitrogen and oxygen atoms in total. The van der Waals surface area contributed by atoms with E-state index in [-0.39, 0.29) is 12.0 Å². The largest absolute Gasteiger partial charge is 0.396 e. The smallest absolute Gasteiger partial charge is 0.0539 e. The summed E-state index contributed by atoms with van der Waals surface area (Å²) in [5.74, 6) is 0. The monoisotopic (exact) mass is 378 g/mol. The average molecular weight is 380 g/mol. The Morgan fingerprint density at radius 3 is 2.72 bits per heavy atom. The van der Waals surface area contributed by atoms with Crippen LogP contribution in [0.15, 0.2) is 28.7 Å². The van der Waals surface area contributed by atoms with E-state index in [1.807, 2.05) is 26.0 Å². The van der Waals surface area contributed by atoms with Gasteiger partial charge >= 0.3 is 0 Å². The lowest BCUT2D eigenvalue weighted by Gasteiger charge is -2.21. The van der Waals surface area contributed by atoms with E-state index in [1.54, 1.807) is 0 Å². The molecule has 0 aliphatic rings. The van der Waals surface area contributed by atoms with Crippen LogP contribution in [0.3, 0.4) is 0 Å². The number of ether oxygens (including phenoxy) is 1. The van der Waals surface area contributed by atoms with Crippen molar-refractivity contribution in [3.8, 4) is 0 Å². The minimum absolute atomic E-state index is 0.149. The van der Waals surface area contributed by atoms with Gasteiger partial charge in [-0.25, -0.2) is 0 Å². The molecule has 0 spiro atoms. The summed E-state index contributed by atoms with van der Waals surface area (Å²) in [7, 11) is 0. The van der Waals surface area contributed by atoms with Crippen molar-refractivity contribution >= 4 is 31.9 Å². The van der Waals surface area contributed by atoms with E-state index in [4.69, 9.17) is 9.84 Å². The van der Waals surface area contributed by atoms with E-state index in [2.05, 4.69) is 44.0 Å². The number of rotatable bonds is 7. The van der Waals surface area contributed by atoms with Crippen LogP contribution in [0.2, 0.25) is 0 Å². The highest BCUT2D eigenvalue weighted by atomic mass is 79.9. The molecule has 0 aromatic heterocycles. The van der Waals surface area contributed by atoms with Crippen molar-refractivity contribution in [2.75, 3.05) is 19.8 Å². The Kier molecular flexibility index (Phi) is 6.85. The third kappa shape index (κ3) is 5.83. The molecule has 0 saturated carbocycles. The first-order valence-corrected chi connectivity index (χ1v) is 7.73. The first-order chi connectivity index (χ1) is 8.44. The Bertz CT molecular complexity index is 367. The number of halogens is 2. The average Bonchev–Trinajstić information content (AvgIpc) is 2.34. The van der Waals surface area contributed by atoms with E-state index in [9.17, 15) is 0 Å². The van der Waals surface area contributed by atoms with Crippen LogP contribution >= 0.6 is 31.9 Å². The molecular weight excluding hydrogens is 360 g/mol. The van der Waals surface area contributed by atoms with Gasteiger partial charge in [-0.2, -0.15) is 0 Å². The van der Waals surface area contributed by atoms with Crippen molar-refractivity contribution in [1.82, 2.24) is 0 Å². The van der Waals surface area contributed by atoms with Crippen LogP contribution in [-0.4, -0.2) is 24.9 Å². The van der Waals surface area contributed by atoms with Gasteiger partial charge < -0.3 is 9.84 Å². The number of hydrogen-bond acceptors (Lipinski definition) is 2. The highest BCUT2D eigenvalue weighted by molar-refractivity contribution is 9.10. The van der Waals surface area contributed by atoms with Crippen LogP contribution < -0.4 is 0 Å². The molecule has 0 bridgehead atoms. The molecule has 0 fully saturated rings. The van der Waals surface area contributed by atoms with E-state index in [0.29, 0.717) is 18.0 Å². The van der Waals surface area contributed by atoms with Crippen LogP contribution in [0.25, 0.3) is 0 Å². The summed E-state index contributed by atoms with van der Waals surface area (Å²) in [6.45, 7) is 5.41. The SMILES string of the molecule is CC(C)(CO)COCCC(Br)c1cccc(Br)c1. The summed E-state index contributed by atoms with van der Waals surface area (Å²) in [5, 5.41) is 9.12. The van der Waals surface area contributed by atoms with Crippen LogP contribution in [0.4, 0.5) is 0 Å². The Hall–Kier alpha value is 0.1000. The molecule has 0 radical (unpaired) electrons. The molecular formula is C14H20Br2O2. The van der Waals surface area contributed by atoms with Gasteiger partial charge in [-0.05, 0) is 24.1 Å². The molecule has 18 heavy (non-hydrogen) atoms. The van der Waals surface area contributed by atoms with Crippen molar-refractivity contribution in [3.63, 3.8) is 0 Å². The summed E-state index contributed by atoms with van der Waals surface area (Å²) < 4.78 is 6.70. The molecule has 1 aromatic rings. The van der Waals surface area contributed by atoms with Crippen molar-refractivity contribution in [3.05, 3.63) is 34.3 Å². The number of alkyl halides is 1. The molecule has 0 aliphatic carbocycles. The predicted molar refractivity (Wildman–Crippen MR) is 82.1 cm³/mol. The molecule has 102 valence electrons. The van der Waals surface area contributed by atoms with Gasteiger partial charge in [0.25, 0.3) is 0 Å². The minimum atomic E-state index is -0.155. The van der Waals surface area contributed by atoms with Crippen LogP contribution in [0.1, 0.15) is 30.7 Å². The molecule has 0 aliphatic heterocycles.